The Bertz CT molecular complexity index is 862. The summed E-state index contributed by atoms with van der Waals surface area (Å²) >= 11 is 5.50. The molecule has 0 radical (unpaired) electrons. The monoisotopic (exact) mass is 307 g/mol. The molecule has 0 saturated carbocycles. The van der Waals surface area contributed by atoms with Crippen molar-refractivity contribution in [3.05, 3.63) is 89.1 Å². The minimum absolute atomic E-state index is 0.186. The molecule has 0 bridgehead atoms. The molecule has 0 amide bonds. The molecule has 0 unspecified atom stereocenters. The summed E-state index contributed by atoms with van der Waals surface area (Å²) in [6.07, 6.45) is 6.57. The maximum absolute atomic E-state index is 11.9. The number of para-hydroxylation sites is 1. The molecule has 22 heavy (non-hydrogen) atoms. The first-order chi connectivity index (χ1) is 10.8. The summed E-state index contributed by atoms with van der Waals surface area (Å²) in [5.41, 5.74) is 1.79. The smallest absolute Gasteiger partial charge is 0.221 e. The topological polar surface area (TPSA) is 35.1 Å². The van der Waals surface area contributed by atoms with Gasteiger partial charge in [0.1, 0.15) is 4.64 Å². The Kier molecular flexibility index (Phi) is 4.12. The van der Waals surface area contributed by atoms with Crippen LogP contribution in [0.3, 0.4) is 0 Å². The van der Waals surface area contributed by atoms with Crippen molar-refractivity contribution >= 4 is 24.1 Å². The van der Waals surface area contributed by atoms with Crippen LogP contribution in [-0.4, -0.2) is 10.4 Å². The maximum atomic E-state index is 11.9. The van der Waals surface area contributed by atoms with Gasteiger partial charge in [0.15, 0.2) is 5.76 Å². The third kappa shape index (κ3) is 2.97. The molecule has 0 fully saturated rings. The number of hydrogen-bond acceptors (Lipinski definition) is 3. The summed E-state index contributed by atoms with van der Waals surface area (Å²) in [5, 5.41) is 0. The van der Waals surface area contributed by atoms with E-state index in [0.29, 0.717) is 10.4 Å². The van der Waals surface area contributed by atoms with Gasteiger partial charge < -0.3 is 8.98 Å². The quantitative estimate of drug-likeness (QED) is 0.398. The summed E-state index contributed by atoms with van der Waals surface area (Å²) in [4.78, 5) is 11.9. The normalized spacial score (nSPS) is 10.9. The molecule has 2 aromatic heterocycles. The molecule has 3 rings (SSSR count). The third-order valence-electron chi connectivity index (χ3n) is 3.19. The molecule has 3 nitrogen and oxygen atoms in total. The first-order valence-electron chi connectivity index (χ1n) is 6.79. The van der Waals surface area contributed by atoms with Crippen LogP contribution in [0.15, 0.2) is 77.6 Å². The highest BCUT2D eigenvalue weighted by Crippen LogP contribution is 2.13. The van der Waals surface area contributed by atoms with Crippen molar-refractivity contribution < 1.29 is 9.21 Å². The van der Waals surface area contributed by atoms with Gasteiger partial charge >= 0.3 is 0 Å². The molecule has 3 aromatic rings. The molecule has 0 aliphatic heterocycles. The fourth-order valence-electron chi connectivity index (χ4n) is 2.10. The van der Waals surface area contributed by atoms with Crippen molar-refractivity contribution in [1.82, 2.24) is 4.57 Å². The van der Waals surface area contributed by atoms with Crippen LogP contribution in [0.4, 0.5) is 0 Å². The van der Waals surface area contributed by atoms with E-state index in [0.717, 1.165) is 11.3 Å². The number of hydrogen-bond donors (Lipinski definition) is 0. The van der Waals surface area contributed by atoms with Gasteiger partial charge in [0, 0.05) is 17.4 Å². The maximum Gasteiger partial charge on any atom is 0.221 e. The fourth-order valence-corrected chi connectivity index (χ4v) is 2.40. The first-order valence-corrected chi connectivity index (χ1v) is 7.19. The number of ketones is 1. The molecule has 0 atom stereocenters. The lowest BCUT2D eigenvalue weighted by Crippen LogP contribution is -1.98. The van der Waals surface area contributed by atoms with Crippen LogP contribution in [0.2, 0.25) is 0 Å². The molecule has 4 heteroatoms. The van der Waals surface area contributed by atoms with Crippen molar-refractivity contribution in [3.63, 3.8) is 0 Å². The SMILES string of the molecule is O=C(/C=C\c1cccn(-c2ccccc2)c1=S)c1ccco1. The molecule has 1 aromatic carbocycles. The Hall–Kier alpha value is -2.72. The standard InChI is InChI=1S/C18H13NO2S/c20-16(17-9-5-13-21-17)11-10-14-6-4-12-19(18(14)22)15-7-2-1-3-8-15/h1-13H/b11-10-. The lowest BCUT2D eigenvalue weighted by Gasteiger charge is -2.08. The zero-order valence-corrected chi connectivity index (χ0v) is 12.5. The first kappa shape index (κ1) is 14.2. The number of carbonyl (C=O) groups is 1. The van der Waals surface area contributed by atoms with Crippen LogP contribution in [-0.2, 0) is 0 Å². The fraction of sp³-hybridized carbons (Fsp3) is 0. The van der Waals surface area contributed by atoms with Crippen molar-refractivity contribution in [2.75, 3.05) is 0 Å². The van der Waals surface area contributed by atoms with Crippen LogP contribution in [0, 0.1) is 4.64 Å². The van der Waals surface area contributed by atoms with Crippen LogP contribution in [0.5, 0.6) is 0 Å². The average Bonchev–Trinajstić information content (AvgIpc) is 3.09. The Labute approximate surface area is 133 Å². The second kappa shape index (κ2) is 6.37. The van der Waals surface area contributed by atoms with Gasteiger partial charge in [-0.1, -0.05) is 36.5 Å². The van der Waals surface area contributed by atoms with Gasteiger partial charge in [-0.15, -0.1) is 0 Å². The molecule has 0 spiro atoms. The zero-order chi connectivity index (χ0) is 15.4. The van der Waals surface area contributed by atoms with Gasteiger partial charge in [0.05, 0.1) is 6.26 Å². The van der Waals surface area contributed by atoms with Crippen molar-refractivity contribution in [1.29, 1.82) is 0 Å². The molecule has 0 aliphatic rings. The Morgan fingerprint density at radius 3 is 2.59 bits per heavy atom. The number of aromatic nitrogens is 1. The van der Waals surface area contributed by atoms with Gasteiger partial charge in [0.2, 0.25) is 5.78 Å². The van der Waals surface area contributed by atoms with Gasteiger partial charge in [-0.25, -0.2) is 0 Å². The Morgan fingerprint density at radius 2 is 1.86 bits per heavy atom. The van der Waals surface area contributed by atoms with Crippen LogP contribution in [0.25, 0.3) is 11.8 Å². The highest BCUT2D eigenvalue weighted by atomic mass is 32.1. The molecule has 0 saturated heterocycles. The number of benzene rings is 1. The van der Waals surface area contributed by atoms with Crippen LogP contribution < -0.4 is 0 Å². The molecular weight excluding hydrogens is 294 g/mol. The molecule has 2 heterocycles. The van der Waals surface area contributed by atoms with E-state index in [4.69, 9.17) is 16.6 Å². The Morgan fingerprint density at radius 1 is 1.05 bits per heavy atom. The van der Waals surface area contributed by atoms with Crippen molar-refractivity contribution in [2.24, 2.45) is 0 Å². The summed E-state index contributed by atoms with van der Waals surface area (Å²) < 4.78 is 7.63. The van der Waals surface area contributed by atoms with E-state index in [2.05, 4.69) is 0 Å². The van der Waals surface area contributed by atoms with Crippen LogP contribution in [0.1, 0.15) is 16.1 Å². The van der Waals surface area contributed by atoms with Gasteiger partial charge in [0.25, 0.3) is 0 Å². The highest BCUT2D eigenvalue weighted by molar-refractivity contribution is 7.71. The lowest BCUT2D eigenvalue weighted by atomic mass is 10.2. The Balaban J connectivity index is 1.93. The predicted octanol–water partition coefficient (Wildman–Crippen LogP) is 4.70. The highest BCUT2D eigenvalue weighted by Gasteiger charge is 2.04. The number of allylic oxidation sites excluding steroid dienone is 1. The number of pyridine rings is 1. The number of furan rings is 1. The summed E-state index contributed by atoms with van der Waals surface area (Å²) in [6, 6.07) is 16.9. The molecule has 0 aliphatic carbocycles. The molecule has 108 valence electrons. The largest absolute Gasteiger partial charge is 0.461 e. The zero-order valence-electron chi connectivity index (χ0n) is 11.7. The minimum Gasteiger partial charge on any atom is -0.461 e. The summed E-state index contributed by atoms with van der Waals surface area (Å²) in [6.45, 7) is 0. The average molecular weight is 307 g/mol. The van der Waals surface area contributed by atoms with E-state index in [1.165, 1.54) is 12.3 Å². The third-order valence-corrected chi connectivity index (χ3v) is 3.62. The van der Waals surface area contributed by atoms with E-state index in [1.807, 2.05) is 53.2 Å². The molecule has 0 N–H and O–H groups in total. The van der Waals surface area contributed by atoms with Gasteiger partial charge in [-0.05, 0) is 42.5 Å². The van der Waals surface area contributed by atoms with E-state index in [9.17, 15) is 4.79 Å². The summed E-state index contributed by atoms with van der Waals surface area (Å²) in [7, 11) is 0. The number of rotatable bonds is 4. The van der Waals surface area contributed by atoms with E-state index in [1.54, 1.807) is 18.2 Å². The van der Waals surface area contributed by atoms with Crippen LogP contribution >= 0.6 is 12.2 Å². The van der Waals surface area contributed by atoms with Gasteiger partial charge in [-0.2, -0.15) is 0 Å². The van der Waals surface area contributed by atoms with E-state index < -0.39 is 0 Å². The van der Waals surface area contributed by atoms with Crippen molar-refractivity contribution in [2.45, 2.75) is 0 Å². The number of nitrogens with zero attached hydrogens (tertiary/aromatic N) is 1. The molecular formula is C18H13NO2S. The second-order valence-corrected chi connectivity index (χ2v) is 5.04. The lowest BCUT2D eigenvalue weighted by molar-refractivity contribution is 0.102. The van der Waals surface area contributed by atoms with Gasteiger partial charge in [-0.3, -0.25) is 4.79 Å². The minimum atomic E-state index is -0.186. The van der Waals surface area contributed by atoms with Crippen molar-refractivity contribution in [3.8, 4) is 5.69 Å². The second-order valence-electron chi connectivity index (χ2n) is 4.65. The number of carbonyl (C=O) groups excluding carboxylic acids is 1. The van der Waals surface area contributed by atoms with E-state index in [-0.39, 0.29) is 5.78 Å². The predicted molar refractivity (Wildman–Crippen MR) is 88.7 cm³/mol. The van der Waals surface area contributed by atoms with E-state index >= 15 is 0 Å². The summed E-state index contributed by atoms with van der Waals surface area (Å²) in [5.74, 6) is 0.128.